The molecular formula is C17H15FN2O. The van der Waals surface area contributed by atoms with Crippen LogP contribution in [0.5, 0.6) is 0 Å². The first-order valence-electron chi connectivity index (χ1n) is 6.88. The molecule has 3 nitrogen and oxygen atoms in total. The number of aryl methyl sites for hydroxylation is 1. The third-order valence-corrected chi connectivity index (χ3v) is 3.55. The molecule has 1 heterocycles. The van der Waals surface area contributed by atoms with Crippen molar-refractivity contribution in [2.24, 2.45) is 5.10 Å². The number of hydrogen-bond donors (Lipinski definition) is 0. The van der Waals surface area contributed by atoms with Gasteiger partial charge in [0.15, 0.2) is 0 Å². The number of carbonyl (C=O) groups excluding carboxylic acids is 1. The zero-order valence-corrected chi connectivity index (χ0v) is 11.7. The number of amides is 1. The maximum atomic E-state index is 14.4. The van der Waals surface area contributed by atoms with Crippen LogP contribution < -0.4 is 5.01 Å². The van der Waals surface area contributed by atoms with Crippen molar-refractivity contribution >= 4 is 17.8 Å². The summed E-state index contributed by atoms with van der Waals surface area (Å²) in [5, 5.41) is 5.29. The molecule has 0 aromatic heterocycles. The second kappa shape index (κ2) is 5.48. The molecule has 0 radical (unpaired) electrons. The Morgan fingerprint density at radius 3 is 2.67 bits per heavy atom. The molecule has 2 aromatic carbocycles. The summed E-state index contributed by atoms with van der Waals surface area (Å²) < 4.78 is 14.4. The molecule has 0 fully saturated rings. The van der Waals surface area contributed by atoms with Crippen LogP contribution in [0.25, 0.3) is 11.1 Å². The fourth-order valence-corrected chi connectivity index (χ4v) is 2.44. The van der Waals surface area contributed by atoms with Crippen LogP contribution in [-0.2, 0) is 4.79 Å². The minimum absolute atomic E-state index is 0.111. The van der Waals surface area contributed by atoms with Crippen LogP contribution in [0.4, 0.5) is 10.1 Å². The highest BCUT2D eigenvalue weighted by Gasteiger charge is 2.19. The second-order valence-electron chi connectivity index (χ2n) is 5.02. The Balaban J connectivity index is 2.01. The summed E-state index contributed by atoms with van der Waals surface area (Å²) in [7, 11) is 0. The van der Waals surface area contributed by atoms with E-state index >= 15 is 0 Å². The first kappa shape index (κ1) is 13.5. The van der Waals surface area contributed by atoms with Gasteiger partial charge in [0.1, 0.15) is 5.82 Å². The van der Waals surface area contributed by atoms with E-state index in [-0.39, 0.29) is 11.7 Å². The molecule has 2 aromatic rings. The van der Waals surface area contributed by atoms with Gasteiger partial charge < -0.3 is 0 Å². The van der Waals surface area contributed by atoms with Crippen molar-refractivity contribution in [3.05, 3.63) is 53.8 Å². The summed E-state index contributed by atoms with van der Waals surface area (Å²) >= 11 is 0. The maximum Gasteiger partial charge on any atom is 0.247 e. The van der Waals surface area contributed by atoms with Crippen molar-refractivity contribution in [3.63, 3.8) is 0 Å². The van der Waals surface area contributed by atoms with Gasteiger partial charge in [0.2, 0.25) is 5.91 Å². The van der Waals surface area contributed by atoms with Crippen LogP contribution in [0.3, 0.4) is 0 Å². The lowest BCUT2D eigenvalue weighted by molar-refractivity contribution is -0.118. The maximum absolute atomic E-state index is 14.4. The number of hydrogen-bond acceptors (Lipinski definition) is 2. The number of rotatable bonds is 2. The summed E-state index contributed by atoms with van der Waals surface area (Å²) in [6, 6.07) is 12.4. The lowest BCUT2D eigenvalue weighted by Crippen LogP contribution is -2.28. The Kier molecular flexibility index (Phi) is 3.52. The number of nitrogens with zero attached hydrogens (tertiary/aromatic N) is 2. The normalized spacial score (nSPS) is 14.6. The smallest absolute Gasteiger partial charge is 0.247 e. The van der Waals surface area contributed by atoms with E-state index < -0.39 is 0 Å². The second-order valence-corrected chi connectivity index (χ2v) is 5.02. The monoisotopic (exact) mass is 282 g/mol. The largest absolute Gasteiger partial charge is 0.273 e. The quantitative estimate of drug-likeness (QED) is 0.822. The lowest BCUT2D eigenvalue weighted by atomic mass is 10.00. The van der Waals surface area contributed by atoms with Gasteiger partial charge in [-0.2, -0.15) is 5.10 Å². The number of anilines is 1. The number of carbonyl (C=O) groups is 1. The number of benzene rings is 2. The van der Waals surface area contributed by atoms with Crippen molar-refractivity contribution in [2.45, 2.75) is 19.8 Å². The third-order valence-electron chi connectivity index (χ3n) is 3.55. The molecular weight excluding hydrogens is 267 g/mol. The zero-order valence-electron chi connectivity index (χ0n) is 11.7. The van der Waals surface area contributed by atoms with Gasteiger partial charge in [-0.15, -0.1) is 0 Å². The van der Waals surface area contributed by atoms with E-state index in [9.17, 15) is 9.18 Å². The summed E-state index contributed by atoms with van der Waals surface area (Å²) in [5.41, 5.74) is 2.86. The third kappa shape index (κ3) is 2.57. The zero-order chi connectivity index (χ0) is 14.8. The molecule has 0 N–H and O–H groups in total. The van der Waals surface area contributed by atoms with E-state index in [2.05, 4.69) is 5.10 Å². The summed E-state index contributed by atoms with van der Waals surface area (Å²) in [6.45, 7) is 1.95. The van der Waals surface area contributed by atoms with E-state index in [1.807, 2.05) is 31.2 Å². The van der Waals surface area contributed by atoms with Gasteiger partial charge in [-0.25, -0.2) is 9.40 Å². The Morgan fingerprint density at radius 2 is 1.95 bits per heavy atom. The molecule has 3 rings (SSSR count). The fourth-order valence-electron chi connectivity index (χ4n) is 2.44. The SMILES string of the molecule is Cc1ccccc1-c1ccc(N2N=CCCC2=O)cc1F. The van der Waals surface area contributed by atoms with E-state index in [0.717, 1.165) is 11.1 Å². The van der Waals surface area contributed by atoms with E-state index in [1.165, 1.54) is 11.1 Å². The molecule has 21 heavy (non-hydrogen) atoms. The molecule has 106 valence electrons. The van der Waals surface area contributed by atoms with Crippen LogP contribution in [0.15, 0.2) is 47.6 Å². The molecule has 0 saturated carbocycles. The van der Waals surface area contributed by atoms with Crippen LogP contribution >= 0.6 is 0 Å². The van der Waals surface area contributed by atoms with Gasteiger partial charge in [-0.3, -0.25) is 4.79 Å². The highest BCUT2D eigenvalue weighted by Crippen LogP contribution is 2.29. The van der Waals surface area contributed by atoms with Crippen molar-refractivity contribution in [1.29, 1.82) is 0 Å². The molecule has 0 spiro atoms. The van der Waals surface area contributed by atoms with Gasteiger partial charge in [-0.1, -0.05) is 24.3 Å². The Bertz CT molecular complexity index is 724. The molecule has 0 bridgehead atoms. The van der Waals surface area contributed by atoms with Crippen molar-refractivity contribution < 1.29 is 9.18 Å². The minimum atomic E-state index is -0.352. The van der Waals surface area contributed by atoms with Crippen molar-refractivity contribution in [2.75, 3.05) is 5.01 Å². The van der Waals surface area contributed by atoms with Crippen LogP contribution in [0.2, 0.25) is 0 Å². The van der Waals surface area contributed by atoms with Crippen LogP contribution in [0.1, 0.15) is 18.4 Å². The first-order chi connectivity index (χ1) is 10.2. The molecule has 1 amide bonds. The predicted molar refractivity (Wildman–Crippen MR) is 81.8 cm³/mol. The molecule has 1 aliphatic rings. The lowest BCUT2D eigenvalue weighted by Gasteiger charge is -2.20. The van der Waals surface area contributed by atoms with E-state index in [1.54, 1.807) is 18.3 Å². The number of hydrazone groups is 1. The molecule has 0 aliphatic carbocycles. The van der Waals surface area contributed by atoms with Crippen LogP contribution in [0, 0.1) is 12.7 Å². The molecule has 1 aliphatic heterocycles. The van der Waals surface area contributed by atoms with Gasteiger partial charge >= 0.3 is 0 Å². The molecule has 4 heteroatoms. The Hall–Kier alpha value is -2.49. The van der Waals surface area contributed by atoms with E-state index in [0.29, 0.717) is 24.1 Å². The average Bonchev–Trinajstić information content (AvgIpc) is 2.49. The summed E-state index contributed by atoms with van der Waals surface area (Å²) in [4.78, 5) is 11.8. The molecule has 0 unspecified atom stereocenters. The highest BCUT2D eigenvalue weighted by atomic mass is 19.1. The van der Waals surface area contributed by atoms with Crippen molar-refractivity contribution in [1.82, 2.24) is 0 Å². The Labute approximate surface area is 122 Å². The first-order valence-corrected chi connectivity index (χ1v) is 6.88. The van der Waals surface area contributed by atoms with Gasteiger partial charge in [-0.05, 0) is 36.6 Å². The molecule has 0 atom stereocenters. The topological polar surface area (TPSA) is 32.7 Å². The molecule has 0 saturated heterocycles. The number of halogens is 1. The van der Waals surface area contributed by atoms with E-state index in [4.69, 9.17) is 0 Å². The minimum Gasteiger partial charge on any atom is -0.273 e. The van der Waals surface area contributed by atoms with Gasteiger partial charge in [0.05, 0.1) is 5.69 Å². The summed E-state index contributed by atoms with van der Waals surface area (Å²) in [6.07, 6.45) is 2.72. The average molecular weight is 282 g/mol. The van der Waals surface area contributed by atoms with Crippen LogP contribution in [-0.4, -0.2) is 12.1 Å². The van der Waals surface area contributed by atoms with Gasteiger partial charge in [0.25, 0.3) is 0 Å². The highest BCUT2D eigenvalue weighted by molar-refractivity contribution is 5.97. The predicted octanol–water partition coefficient (Wildman–Crippen LogP) is 3.91. The standard InChI is InChI=1S/C17H15FN2O/c1-12-5-2-3-6-14(12)15-9-8-13(11-16(15)18)20-17(21)7-4-10-19-20/h2-3,5-6,8-11H,4,7H2,1H3. The fraction of sp³-hybridized carbons (Fsp3) is 0.176. The summed E-state index contributed by atoms with van der Waals surface area (Å²) in [5.74, 6) is -0.462. The Morgan fingerprint density at radius 1 is 1.14 bits per heavy atom. The van der Waals surface area contributed by atoms with Gasteiger partial charge in [0, 0.05) is 24.3 Å². The van der Waals surface area contributed by atoms with Crippen molar-refractivity contribution in [3.8, 4) is 11.1 Å².